The molecule has 0 aromatic heterocycles. The summed E-state index contributed by atoms with van der Waals surface area (Å²) in [6, 6.07) is 16.1. The lowest BCUT2D eigenvalue weighted by Crippen LogP contribution is -2.38. The molecule has 2 aromatic carbocycles. The molecular weight excluding hydrogens is 414 g/mol. The number of aliphatic carboxylic acids is 1. The van der Waals surface area contributed by atoms with Crippen LogP contribution >= 0.6 is 0 Å². The summed E-state index contributed by atoms with van der Waals surface area (Å²) >= 11 is 0. The van der Waals surface area contributed by atoms with Crippen LogP contribution in [0.1, 0.15) is 17.0 Å². The van der Waals surface area contributed by atoms with E-state index in [1.54, 1.807) is 0 Å². The topological polar surface area (TPSA) is 134 Å². The molecule has 1 aliphatic carbocycles. The van der Waals surface area contributed by atoms with E-state index < -0.39 is 30.4 Å². The predicted molar refractivity (Wildman–Crippen MR) is 116 cm³/mol. The SMILES string of the molecule is O=C(O)CNC(=O)CNC(=O)/C=C/CNC(=O)OCC1c2ccccc2-c2ccccc21. The first-order chi connectivity index (χ1) is 15.5. The highest BCUT2D eigenvalue weighted by Crippen LogP contribution is 2.44. The molecule has 32 heavy (non-hydrogen) atoms. The van der Waals surface area contributed by atoms with Crippen molar-refractivity contribution in [3.8, 4) is 11.1 Å². The molecule has 0 fully saturated rings. The van der Waals surface area contributed by atoms with Crippen molar-refractivity contribution in [1.29, 1.82) is 0 Å². The lowest BCUT2D eigenvalue weighted by molar-refractivity contribution is -0.137. The van der Waals surface area contributed by atoms with E-state index in [9.17, 15) is 19.2 Å². The van der Waals surface area contributed by atoms with Crippen molar-refractivity contribution in [2.24, 2.45) is 0 Å². The minimum absolute atomic E-state index is 0.0401. The molecular formula is C23H23N3O6. The Bertz CT molecular complexity index is 1000. The van der Waals surface area contributed by atoms with Gasteiger partial charge in [-0.1, -0.05) is 54.6 Å². The Labute approximate surface area is 184 Å². The van der Waals surface area contributed by atoms with Crippen molar-refractivity contribution in [1.82, 2.24) is 16.0 Å². The van der Waals surface area contributed by atoms with Gasteiger partial charge in [0.15, 0.2) is 0 Å². The third-order valence-electron chi connectivity index (χ3n) is 4.84. The van der Waals surface area contributed by atoms with Gasteiger partial charge in [0.1, 0.15) is 13.2 Å². The molecule has 4 N–H and O–H groups in total. The zero-order chi connectivity index (χ0) is 22.9. The smallest absolute Gasteiger partial charge is 0.407 e. The summed E-state index contributed by atoms with van der Waals surface area (Å²) in [6.07, 6.45) is 1.96. The zero-order valence-corrected chi connectivity index (χ0v) is 17.2. The maximum atomic E-state index is 12.0. The van der Waals surface area contributed by atoms with Gasteiger partial charge in [-0.2, -0.15) is 0 Å². The van der Waals surface area contributed by atoms with Gasteiger partial charge in [0, 0.05) is 18.5 Å². The summed E-state index contributed by atoms with van der Waals surface area (Å²) in [5.74, 6) is -2.39. The number of alkyl carbamates (subject to hydrolysis) is 1. The van der Waals surface area contributed by atoms with Crippen LogP contribution in [-0.4, -0.2) is 55.2 Å². The molecule has 1 aliphatic rings. The van der Waals surface area contributed by atoms with E-state index in [0.29, 0.717) is 0 Å². The molecule has 0 heterocycles. The van der Waals surface area contributed by atoms with Crippen LogP contribution in [0.2, 0.25) is 0 Å². The summed E-state index contributed by atoms with van der Waals surface area (Å²) < 4.78 is 5.39. The van der Waals surface area contributed by atoms with Crippen molar-refractivity contribution in [3.05, 3.63) is 71.8 Å². The molecule has 0 spiro atoms. The largest absolute Gasteiger partial charge is 0.480 e. The number of amides is 3. The van der Waals surface area contributed by atoms with Crippen LogP contribution in [0.25, 0.3) is 11.1 Å². The number of nitrogens with one attached hydrogen (secondary N) is 3. The molecule has 9 heteroatoms. The fourth-order valence-corrected chi connectivity index (χ4v) is 3.42. The molecule has 0 aliphatic heterocycles. The number of hydrogen-bond acceptors (Lipinski definition) is 5. The van der Waals surface area contributed by atoms with E-state index in [2.05, 4.69) is 28.1 Å². The number of ether oxygens (including phenoxy) is 1. The van der Waals surface area contributed by atoms with Gasteiger partial charge in [-0.25, -0.2) is 4.79 Å². The lowest BCUT2D eigenvalue weighted by Gasteiger charge is -2.14. The van der Waals surface area contributed by atoms with Crippen LogP contribution < -0.4 is 16.0 Å². The number of carbonyl (C=O) groups is 4. The number of rotatable bonds is 9. The number of hydrogen-bond donors (Lipinski definition) is 4. The number of carboxylic acid groups (broad SMARTS) is 1. The number of benzene rings is 2. The normalized spacial score (nSPS) is 12.0. The monoisotopic (exact) mass is 437 g/mol. The maximum absolute atomic E-state index is 12.0. The summed E-state index contributed by atoms with van der Waals surface area (Å²) in [5.41, 5.74) is 4.52. The van der Waals surface area contributed by atoms with Gasteiger partial charge < -0.3 is 25.8 Å². The number of carboxylic acids is 1. The Morgan fingerprint density at radius 3 is 2.12 bits per heavy atom. The van der Waals surface area contributed by atoms with Gasteiger partial charge in [0.05, 0.1) is 6.54 Å². The molecule has 0 saturated heterocycles. The first-order valence-corrected chi connectivity index (χ1v) is 9.97. The van der Waals surface area contributed by atoms with Crippen LogP contribution in [0.3, 0.4) is 0 Å². The van der Waals surface area contributed by atoms with E-state index >= 15 is 0 Å². The molecule has 9 nitrogen and oxygen atoms in total. The number of fused-ring (bicyclic) bond motifs is 3. The van der Waals surface area contributed by atoms with E-state index in [1.807, 2.05) is 36.4 Å². The Hall–Kier alpha value is -4.14. The molecule has 0 bridgehead atoms. The van der Waals surface area contributed by atoms with Gasteiger partial charge in [-0.3, -0.25) is 14.4 Å². The quantitative estimate of drug-likeness (QED) is 0.438. The minimum atomic E-state index is -1.18. The minimum Gasteiger partial charge on any atom is -0.480 e. The van der Waals surface area contributed by atoms with Crippen molar-refractivity contribution in [3.63, 3.8) is 0 Å². The Morgan fingerprint density at radius 1 is 0.875 bits per heavy atom. The van der Waals surface area contributed by atoms with Gasteiger partial charge in [-0.15, -0.1) is 0 Å². The lowest BCUT2D eigenvalue weighted by atomic mass is 9.98. The molecule has 0 unspecified atom stereocenters. The van der Waals surface area contributed by atoms with Gasteiger partial charge in [-0.05, 0) is 22.3 Å². The Morgan fingerprint density at radius 2 is 1.50 bits per heavy atom. The van der Waals surface area contributed by atoms with Crippen molar-refractivity contribution in [2.75, 3.05) is 26.2 Å². The fraction of sp³-hybridized carbons (Fsp3) is 0.217. The predicted octanol–water partition coefficient (Wildman–Crippen LogP) is 1.40. The van der Waals surface area contributed by atoms with Gasteiger partial charge in [0.2, 0.25) is 11.8 Å². The van der Waals surface area contributed by atoms with Crippen LogP contribution in [-0.2, 0) is 19.1 Å². The molecule has 3 amide bonds. The fourth-order valence-electron chi connectivity index (χ4n) is 3.42. The Balaban J connectivity index is 1.40. The highest BCUT2D eigenvalue weighted by atomic mass is 16.5. The van der Waals surface area contributed by atoms with Crippen molar-refractivity contribution >= 4 is 23.9 Å². The van der Waals surface area contributed by atoms with E-state index in [-0.39, 0.29) is 25.6 Å². The van der Waals surface area contributed by atoms with Crippen LogP contribution in [0.5, 0.6) is 0 Å². The average Bonchev–Trinajstić information content (AvgIpc) is 3.11. The first kappa shape index (κ1) is 22.5. The summed E-state index contributed by atoms with van der Waals surface area (Å²) in [4.78, 5) is 45.3. The molecule has 0 atom stereocenters. The van der Waals surface area contributed by atoms with Crippen LogP contribution in [0.15, 0.2) is 60.7 Å². The molecule has 2 aromatic rings. The van der Waals surface area contributed by atoms with Crippen molar-refractivity contribution in [2.45, 2.75) is 5.92 Å². The third-order valence-corrected chi connectivity index (χ3v) is 4.84. The summed E-state index contributed by atoms with van der Waals surface area (Å²) in [6.45, 7) is -0.615. The molecule has 0 saturated carbocycles. The third kappa shape index (κ3) is 5.94. The summed E-state index contributed by atoms with van der Waals surface area (Å²) in [7, 11) is 0. The second kappa shape index (κ2) is 10.8. The van der Waals surface area contributed by atoms with E-state index in [0.717, 1.165) is 28.3 Å². The standard InChI is InChI=1S/C23H23N3O6/c27-20(25-12-21(28)26-13-22(29)30)10-5-11-24-23(31)32-14-19-17-8-3-1-6-15(17)16-7-2-4-9-18(16)19/h1-10,19H,11-14H2,(H,24,31)(H,25,27)(H,26,28)(H,29,30)/b10-5+. The molecule has 0 radical (unpaired) electrons. The highest BCUT2D eigenvalue weighted by molar-refractivity contribution is 5.91. The van der Waals surface area contributed by atoms with Crippen LogP contribution in [0, 0.1) is 0 Å². The number of carbonyl (C=O) groups excluding carboxylic acids is 3. The van der Waals surface area contributed by atoms with Gasteiger partial charge in [0.25, 0.3) is 0 Å². The zero-order valence-electron chi connectivity index (χ0n) is 17.2. The second-order valence-corrected chi connectivity index (χ2v) is 7.00. The highest BCUT2D eigenvalue weighted by Gasteiger charge is 2.28. The van der Waals surface area contributed by atoms with Crippen molar-refractivity contribution < 1.29 is 29.0 Å². The molecule has 166 valence electrons. The second-order valence-electron chi connectivity index (χ2n) is 7.00. The Kier molecular flexibility index (Phi) is 7.58. The van der Waals surface area contributed by atoms with Gasteiger partial charge >= 0.3 is 12.1 Å². The molecule has 3 rings (SSSR count). The average molecular weight is 437 g/mol. The summed E-state index contributed by atoms with van der Waals surface area (Å²) in [5, 5.41) is 15.4. The first-order valence-electron chi connectivity index (χ1n) is 9.97. The maximum Gasteiger partial charge on any atom is 0.407 e. The van der Waals surface area contributed by atoms with E-state index in [4.69, 9.17) is 9.84 Å². The van der Waals surface area contributed by atoms with Crippen LogP contribution in [0.4, 0.5) is 4.79 Å². The van der Waals surface area contributed by atoms with E-state index in [1.165, 1.54) is 6.08 Å².